The molecule has 116 valence electrons. The molecule has 0 heterocycles. The highest BCUT2D eigenvalue weighted by Crippen LogP contribution is 2.36. The Morgan fingerprint density at radius 1 is 0.478 bits per heavy atom. The summed E-state index contributed by atoms with van der Waals surface area (Å²) in [5, 5.41) is 4.40. The summed E-state index contributed by atoms with van der Waals surface area (Å²) in [5.74, 6) is 0. The zero-order valence-electron chi connectivity index (χ0n) is 14.3. The van der Waals surface area contributed by atoms with Gasteiger partial charge in [-0.3, -0.25) is 0 Å². The minimum Gasteiger partial charge on any atom is -0.0620 e. The van der Waals surface area contributed by atoms with Crippen molar-refractivity contribution in [3.8, 4) is 0 Å². The molecule has 0 radical (unpaired) electrons. The Kier molecular flexibility index (Phi) is 4.64. The smallest absolute Gasteiger partial charge is 0.0119 e. The van der Waals surface area contributed by atoms with Crippen LogP contribution in [0.4, 0.5) is 0 Å². The average molecular weight is 318 g/mol. The third-order valence-corrected chi connectivity index (χ3v) is 7.46. The van der Waals surface area contributed by atoms with Gasteiger partial charge in [0, 0.05) is 0 Å². The number of aryl methyl sites for hydroxylation is 3. The van der Waals surface area contributed by atoms with Crippen LogP contribution in [-0.2, 0) is 0 Å². The van der Waals surface area contributed by atoms with Gasteiger partial charge in [-0.1, -0.05) is 66.7 Å². The summed E-state index contributed by atoms with van der Waals surface area (Å²) < 4.78 is 0. The lowest BCUT2D eigenvalue weighted by Crippen LogP contribution is -2.25. The van der Waals surface area contributed by atoms with Crippen molar-refractivity contribution in [2.75, 3.05) is 0 Å². The molecule has 0 saturated carbocycles. The Balaban J connectivity index is 2.29. The molecule has 0 saturated heterocycles. The summed E-state index contributed by atoms with van der Waals surface area (Å²) in [6.45, 7) is 8.93. The normalized spacial score (nSPS) is 11.0. The third kappa shape index (κ3) is 3.09. The number of hydrogen-bond donors (Lipinski definition) is 0. The predicted molar refractivity (Wildman–Crippen MR) is 104 cm³/mol. The first-order valence-corrected chi connectivity index (χ1v) is 9.41. The number of rotatable bonds is 3. The van der Waals surface area contributed by atoms with Gasteiger partial charge in [0.1, 0.15) is 0 Å². The molecule has 0 N–H and O–H groups in total. The quantitative estimate of drug-likeness (QED) is 0.615. The molecule has 0 atom stereocenters. The van der Waals surface area contributed by atoms with Crippen molar-refractivity contribution >= 4 is 23.8 Å². The molecule has 0 fully saturated rings. The topological polar surface area (TPSA) is 0 Å². The lowest BCUT2D eigenvalue weighted by Gasteiger charge is -2.25. The summed E-state index contributed by atoms with van der Waals surface area (Å²) >= 11 is 0. The Labute approximate surface area is 141 Å². The van der Waals surface area contributed by atoms with Gasteiger partial charge in [-0.15, -0.1) is 0 Å². The van der Waals surface area contributed by atoms with Crippen LogP contribution >= 0.6 is 7.92 Å². The molecule has 0 aliphatic carbocycles. The van der Waals surface area contributed by atoms with Crippen LogP contribution in [0.25, 0.3) is 0 Å². The van der Waals surface area contributed by atoms with Crippen molar-refractivity contribution in [2.24, 2.45) is 0 Å². The van der Waals surface area contributed by atoms with E-state index in [0.29, 0.717) is 0 Å². The molecule has 23 heavy (non-hydrogen) atoms. The van der Waals surface area contributed by atoms with E-state index < -0.39 is 7.92 Å². The van der Waals surface area contributed by atoms with E-state index in [0.717, 1.165) is 0 Å². The Morgan fingerprint density at radius 2 is 0.913 bits per heavy atom. The van der Waals surface area contributed by atoms with Crippen molar-refractivity contribution in [3.63, 3.8) is 0 Å². The van der Waals surface area contributed by atoms with Gasteiger partial charge < -0.3 is 0 Å². The van der Waals surface area contributed by atoms with Crippen LogP contribution in [0.15, 0.2) is 66.7 Å². The van der Waals surface area contributed by atoms with E-state index in [1.54, 1.807) is 0 Å². The van der Waals surface area contributed by atoms with Crippen LogP contribution in [0.3, 0.4) is 0 Å². The second-order valence-corrected chi connectivity index (χ2v) is 8.24. The van der Waals surface area contributed by atoms with E-state index in [1.165, 1.54) is 38.2 Å². The van der Waals surface area contributed by atoms with E-state index in [9.17, 15) is 0 Å². The molecule has 3 aromatic rings. The molecule has 0 aliphatic heterocycles. The van der Waals surface area contributed by atoms with Crippen LogP contribution in [0.5, 0.6) is 0 Å². The molecular weight excluding hydrogens is 295 g/mol. The van der Waals surface area contributed by atoms with Gasteiger partial charge in [-0.2, -0.15) is 0 Å². The van der Waals surface area contributed by atoms with Crippen molar-refractivity contribution in [3.05, 3.63) is 89.0 Å². The van der Waals surface area contributed by atoms with Crippen LogP contribution < -0.4 is 15.9 Å². The lowest BCUT2D eigenvalue weighted by atomic mass is 10.1. The Hall–Kier alpha value is -1.91. The van der Waals surface area contributed by atoms with Gasteiger partial charge in [0.15, 0.2) is 0 Å². The molecule has 3 rings (SSSR count). The van der Waals surface area contributed by atoms with Crippen molar-refractivity contribution in [1.82, 2.24) is 0 Å². The fourth-order valence-corrected chi connectivity index (χ4v) is 5.85. The van der Waals surface area contributed by atoms with Crippen LogP contribution in [-0.4, -0.2) is 0 Å². The zero-order valence-corrected chi connectivity index (χ0v) is 15.2. The minimum atomic E-state index is -0.525. The first-order valence-electron chi connectivity index (χ1n) is 8.07. The lowest BCUT2D eigenvalue weighted by molar-refractivity contribution is 1.37. The Bertz CT molecular complexity index is 787. The highest BCUT2D eigenvalue weighted by molar-refractivity contribution is 7.80. The first kappa shape index (κ1) is 16.0. The van der Waals surface area contributed by atoms with Gasteiger partial charge in [0.25, 0.3) is 0 Å². The van der Waals surface area contributed by atoms with Gasteiger partial charge in [0.2, 0.25) is 0 Å². The van der Waals surface area contributed by atoms with Gasteiger partial charge in [0.05, 0.1) is 0 Å². The van der Waals surface area contributed by atoms with Crippen LogP contribution in [0, 0.1) is 27.7 Å². The first-order chi connectivity index (χ1) is 11.1. The van der Waals surface area contributed by atoms with Crippen LogP contribution in [0.1, 0.15) is 22.3 Å². The average Bonchev–Trinajstić information content (AvgIpc) is 2.55. The number of benzene rings is 3. The molecule has 0 spiro atoms. The highest BCUT2D eigenvalue weighted by atomic mass is 31.1. The third-order valence-electron chi connectivity index (χ3n) is 4.53. The van der Waals surface area contributed by atoms with Crippen molar-refractivity contribution in [2.45, 2.75) is 27.7 Å². The largest absolute Gasteiger partial charge is 0.0620 e. The fraction of sp³-hybridized carbons (Fsp3) is 0.182. The maximum Gasteiger partial charge on any atom is -0.0119 e. The molecule has 1 heteroatoms. The van der Waals surface area contributed by atoms with Crippen LogP contribution in [0.2, 0.25) is 0 Å². The second kappa shape index (κ2) is 6.69. The summed E-state index contributed by atoms with van der Waals surface area (Å²) in [5.41, 5.74) is 5.55. The fourth-order valence-electron chi connectivity index (χ4n) is 3.00. The second-order valence-electron chi connectivity index (χ2n) is 6.13. The molecule has 0 nitrogen and oxygen atoms in total. The van der Waals surface area contributed by atoms with Gasteiger partial charge >= 0.3 is 0 Å². The molecule has 0 aliphatic rings. The highest BCUT2D eigenvalue weighted by Gasteiger charge is 2.21. The van der Waals surface area contributed by atoms with Gasteiger partial charge in [-0.25, -0.2) is 0 Å². The predicted octanol–water partition coefficient (Wildman–Crippen LogP) is 4.68. The van der Waals surface area contributed by atoms with Crippen molar-refractivity contribution in [1.29, 1.82) is 0 Å². The number of hydrogen-bond acceptors (Lipinski definition) is 0. The molecule has 0 bridgehead atoms. The standard InChI is InChI=1S/C22H23P/c1-16-12-9-15-22(19(16)4)23(20-13-7-5-10-17(20)2)21-14-8-6-11-18(21)3/h5-15H,1-4H3. The van der Waals surface area contributed by atoms with Gasteiger partial charge in [-0.05, 0) is 73.8 Å². The summed E-state index contributed by atoms with van der Waals surface area (Å²) in [6, 6.07) is 24.4. The van der Waals surface area contributed by atoms with Crippen molar-refractivity contribution < 1.29 is 0 Å². The Morgan fingerprint density at radius 3 is 1.43 bits per heavy atom. The molecular formula is C22H23P. The van der Waals surface area contributed by atoms with E-state index in [4.69, 9.17) is 0 Å². The molecule has 0 amide bonds. The van der Waals surface area contributed by atoms with E-state index in [-0.39, 0.29) is 0 Å². The molecule has 0 aromatic heterocycles. The zero-order chi connectivity index (χ0) is 16.4. The molecule has 0 unspecified atom stereocenters. The minimum absolute atomic E-state index is 0.525. The maximum atomic E-state index is 2.31. The SMILES string of the molecule is Cc1ccccc1P(c1ccccc1C)c1cccc(C)c1C. The monoisotopic (exact) mass is 318 g/mol. The maximum absolute atomic E-state index is 2.31. The van der Waals surface area contributed by atoms with E-state index in [1.807, 2.05) is 0 Å². The van der Waals surface area contributed by atoms with E-state index in [2.05, 4.69) is 94.4 Å². The molecule has 3 aromatic carbocycles. The summed E-state index contributed by atoms with van der Waals surface area (Å²) in [7, 11) is -0.525. The van der Waals surface area contributed by atoms with E-state index >= 15 is 0 Å². The summed E-state index contributed by atoms with van der Waals surface area (Å²) in [6.07, 6.45) is 0. The summed E-state index contributed by atoms with van der Waals surface area (Å²) in [4.78, 5) is 0.